The number of aryl methyl sites for hydroxylation is 2. The maximum Gasteiger partial charge on any atom is 0.116 e. The van der Waals surface area contributed by atoms with Crippen LogP contribution in [0, 0.1) is 13.8 Å². The van der Waals surface area contributed by atoms with E-state index >= 15 is 0 Å². The minimum absolute atomic E-state index is 0.777. The van der Waals surface area contributed by atoms with Crippen molar-refractivity contribution in [1.29, 1.82) is 0 Å². The third kappa shape index (κ3) is 7.19. The van der Waals surface area contributed by atoms with Crippen molar-refractivity contribution in [1.82, 2.24) is 29.9 Å². The van der Waals surface area contributed by atoms with Gasteiger partial charge >= 0.3 is 0 Å². The van der Waals surface area contributed by atoms with Gasteiger partial charge in [0.2, 0.25) is 0 Å². The molecule has 0 saturated heterocycles. The first kappa shape index (κ1) is 43.7. The molecular formula is C60H46N10S2. The molecule has 10 nitrogen and oxygen atoms in total. The lowest BCUT2D eigenvalue weighted by molar-refractivity contribution is 1.16. The van der Waals surface area contributed by atoms with Crippen LogP contribution in [0.2, 0.25) is 0 Å². The molecule has 0 atom stereocenters. The standard InChI is InChI=1S/C30H22N6.C30H24N4S2/c1-17-24-28(33-16-15-32-24)30(34-19-13-11-18(31-2)12-14-19)29-25(17)35-26-22-9-5-3-7-20(22)21-8-4-6-10-23(21)27(26)36-29;1-17-24-27(28(30-29(17)35-15-16-36-30)32-19-13-11-18(31-2)12-14-19)34-26-23-10-6-4-8-21(23)20-7-3-5-9-22(20)25(26)33-24/h3-16,31,34H,1-2H3;3-14,31-32H,15-16H2,1-2H3. The van der Waals surface area contributed by atoms with Crippen LogP contribution >= 0.6 is 23.5 Å². The van der Waals surface area contributed by atoms with Crippen LogP contribution in [-0.2, 0) is 0 Å². The van der Waals surface area contributed by atoms with Gasteiger partial charge in [0.1, 0.15) is 16.6 Å². The number of nitrogens with one attached hydrogen (secondary N) is 4. The summed E-state index contributed by atoms with van der Waals surface area (Å²) in [6, 6.07) is 50.5. The van der Waals surface area contributed by atoms with Gasteiger partial charge in [0.15, 0.2) is 0 Å². The van der Waals surface area contributed by atoms with Crippen molar-refractivity contribution in [2.24, 2.45) is 0 Å². The number of aromatic nitrogens is 6. The predicted octanol–water partition coefficient (Wildman–Crippen LogP) is 15.5. The topological polar surface area (TPSA) is 125 Å². The van der Waals surface area contributed by atoms with Crippen molar-refractivity contribution in [3.63, 3.8) is 0 Å². The van der Waals surface area contributed by atoms with Gasteiger partial charge in [-0.15, -0.1) is 23.5 Å². The highest BCUT2D eigenvalue weighted by molar-refractivity contribution is 8.05. The highest BCUT2D eigenvalue weighted by Crippen LogP contribution is 2.49. The molecule has 0 aliphatic carbocycles. The van der Waals surface area contributed by atoms with Gasteiger partial charge in [-0.1, -0.05) is 97.1 Å². The molecule has 0 saturated carbocycles. The predicted molar refractivity (Wildman–Crippen MR) is 307 cm³/mol. The first-order valence-corrected chi connectivity index (χ1v) is 26.0. The Bertz CT molecular complexity index is 4340. The monoisotopic (exact) mass is 970 g/mol. The molecule has 0 spiro atoms. The molecule has 0 amide bonds. The third-order valence-corrected chi connectivity index (χ3v) is 16.5. The first-order valence-electron chi connectivity index (χ1n) is 24.0. The van der Waals surface area contributed by atoms with Gasteiger partial charge in [-0.25, -0.2) is 19.9 Å². The number of thioether (sulfide) groups is 2. The molecule has 4 N–H and O–H groups in total. The van der Waals surface area contributed by atoms with E-state index in [4.69, 9.17) is 24.9 Å². The van der Waals surface area contributed by atoms with Gasteiger partial charge in [0.05, 0.1) is 50.0 Å². The Morgan fingerprint density at radius 1 is 0.333 bits per heavy atom. The summed E-state index contributed by atoms with van der Waals surface area (Å²) in [5.41, 5.74) is 17.0. The minimum atomic E-state index is 0.777. The summed E-state index contributed by atoms with van der Waals surface area (Å²) in [6.07, 6.45) is 3.45. The Hall–Kier alpha value is -8.32. The lowest BCUT2D eigenvalue weighted by atomic mass is 9.99. The van der Waals surface area contributed by atoms with Crippen molar-refractivity contribution in [3.8, 4) is 0 Å². The van der Waals surface area contributed by atoms with E-state index < -0.39 is 0 Å². The van der Waals surface area contributed by atoms with Crippen LogP contribution in [0.15, 0.2) is 168 Å². The second kappa shape index (κ2) is 17.8. The molecule has 1 aliphatic heterocycles. The summed E-state index contributed by atoms with van der Waals surface area (Å²) >= 11 is 3.85. The van der Waals surface area contributed by atoms with Crippen molar-refractivity contribution in [2.75, 3.05) is 46.9 Å². The number of anilines is 6. The largest absolute Gasteiger partial charge is 0.388 e. The number of hydrogen-bond donors (Lipinski definition) is 4. The fourth-order valence-corrected chi connectivity index (χ4v) is 12.8. The molecule has 1 aliphatic rings. The van der Waals surface area contributed by atoms with E-state index in [1.807, 2.05) is 61.9 Å². The Balaban J connectivity index is 0.000000140. The Kier molecular flexibility index (Phi) is 10.8. The maximum atomic E-state index is 5.39. The lowest BCUT2D eigenvalue weighted by Crippen LogP contribution is -2.05. The van der Waals surface area contributed by atoms with Crippen LogP contribution < -0.4 is 21.3 Å². The summed E-state index contributed by atoms with van der Waals surface area (Å²) in [5.74, 6) is 2.19. The van der Waals surface area contributed by atoms with Crippen molar-refractivity contribution in [2.45, 2.75) is 23.6 Å². The normalized spacial score (nSPS) is 12.5. The van der Waals surface area contributed by atoms with Crippen molar-refractivity contribution < 1.29 is 0 Å². The Morgan fingerprint density at radius 3 is 1.12 bits per heavy atom. The Labute approximate surface area is 423 Å². The number of fused-ring (bicyclic) bond motifs is 16. The molecule has 0 bridgehead atoms. The van der Waals surface area contributed by atoms with Crippen LogP contribution in [0.5, 0.6) is 0 Å². The maximum absolute atomic E-state index is 5.39. The van der Waals surface area contributed by atoms with Crippen molar-refractivity contribution >= 4 is 156 Å². The van der Waals surface area contributed by atoms with E-state index in [9.17, 15) is 0 Å². The lowest BCUT2D eigenvalue weighted by Gasteiger charge is -2.24. The number of benzene rings is 10. The van der Waals surface area contributed by atoms with Crippen LogP contribution in [0.3, 0.4) is 0 Å². The van der Waals surface area contributed by atoms with Gasteiger partial charge in [0, 0.05) is 97.6 Å². The second-order valence-electron chi connectivity index (χ2n) is 17.9. The molecule has 0 fully saturated rings. The van der Waals surface area contributed by atoms with Crippen molar-refractivity contribution in [3.05, 3.63) is 169 Å². The number of hydrogen-bond acceptors (Lipinski definition) is 12. The van der Waals surface area contributed by atoms with Crippen LogP contribution in [0.1, 0.15) is 11.1 Å². The van der Waals surface area contributed by atoms with Crippen LogP contribution in [0.25, 0.3) is 98.3 Å². The summed E-state index contributed by atoms with van der Waals surface area (Å²) in [5, 5.41) is 22.9. The smallest absolute Gasteiger partial charge is 0.116 e. The molecule has 348 valence electrons. The fourth-order valence-electron chi connectivity index (χ4n) is 10.3. The molecule has 12 heteroatoms. The zero-order valence-corrected chi connectivity index (χ0v) is 41.6. The molecule has 10 aromatic carbocycles. The molecule has 4 heterocycles. The average molecular weight is 971 g/mol. The highest BCUT2D eigenvalue weighted by Gasteiger charge is 2.25. The quantitative estimate of drug-likeness (QED) is 0.0936. The van der Waals surface area contributed by atoms with Crippen LogP contribution in [-0.4, -0.2) is 55.5 Å². The SMILES string of the molecule is CNc1ccc(Nc2c3c(c(C)c4nc5c6ccccc6c6ccccc6c5nc24)SCCS3)cc1.CNc1ccc(Nc2c3nccnc3c(C)c3nc4c5ccccc5c5ccccc5c4nc23)cc1. The summed E-state index contributed by atoms with van der Waals surface area (Å²) in [4.78, 5) is 33.3. The molecule has 13 aromatic rings. The summed E-state index contributed by atoms with van der Waals surface area (Å²) in [7, 11) is 3.85. The van der Waals surface area contributed by atoms with Crippen LogP contribution in [0.4, 0.5) is 34.1 Å². The van der Waals surface area contributed by atoms with E-state index in [1.54, 1.807) is 12.4 Å². The second-order valence-corrected chi connectivity index (χ2v) is 20.1. The first-order chi connectivity index (χ1) is 35.4. The van der Waals surface area contributed by atoms with Gasteiger partial charge in [-0.3, -0.25) is 9.97 Å². The van der Waals surface area contributed by atoms with E-state index in [0.717, 1.165) is 128 Å². The molecule has 0 unspecified atom stereocenters. The van der Waals surface area contributed by atoms with Gasteiger partial charge in [-0.2, -0.15) is 0 Å². The van der Waals surface area contributed by atoms with E-state index in [-0.39, 0.29) is 0 Å². The zero-order chi connectivity index (χ0) is 48.5. The number of nitrogens with zero attached hydrogens (tertiary/aromatic N) is 6. The van der Waals surface area contributed by atoms with E-state index in [2.05, 4.69) is 161 Å². The molecule has 14 rings (SSSR count). The minimum Gasteiger partial charge on any atom is -0.388 e. The van der Waals surface area contributed by atoms with Gasteiger partial charge < -0.3 is 21.3 Å². The van der Waals surface area contributed by atoms with Gasteiger partial charge in [-0.05, 0) is 89.5 Å². The number of rotatable bonds is 6. The molecule has 0 radical (unpaired) electrons. The van der Waals surface area contributed by atoms with Gasteiger partial charge in [0.25, 0.3) is 0 Å². The molecular weight excluding hydrogens is 925 g/mol. The summed E-state index contributed by atoms with van der Waals surface area (Å²) < 4.78 is 0. The molecule has 72 heavy (non-hydrogen) atoms. The zero-order valence-electron chi connectivity index (χ0n) is 39.9. The summed E-state index contributed by atoms with van der Waals surface area (Å²) in [6.45, 7) is 4.25. The third-order valence-electron chi connectivity index (χ3n) is 13.8. The fraction of sp³-hybridized carbons (Fsp3) is 0.100. The Morgan fingerprint density at radius 2 is 0.681 bits per heavy atom. The molecule has 3 aromatic heterocycles. The van der Waals surface area contributed by atoms with E-state index in [1.165, 1.54) is 36.9 Å². The average Bonchev–Trinajstić information content (AvgIpc) is 3.45. The van der Waals surface area contributed by atoms with E-state index in [0.29, 0.717) is 0 Å². The highest BCUT2D eigenvalue weighted by atomic mass is 32.2.